The summed E-state index contributed by atoms with van der Waals surface area (Å²) in [6, 6.07) is 10.3. The largest absolute Gasteiger partial charge is 0.494 e. The zero-order valence-electron chi connectivity index (χ0n) is 20.5. The van der Waals surface area contributed by atoms with Gasteiger partial charge in [-0.2, -0.15) is 30.7 Å². The van der Waals surface area contributed by atoms with Crippen molar-refractivity contribution in [2.24, 2.45) is 0 Å². The predicted octanol–water partition coefficient (Wildman–Crippen LogP) is 7.63. The summed E-state index contributed by atoms with van der Waals surface area (Å²) < 4.78 is 104. The molecule has 0 fully saturated rings. The first-order valence-corrected chi connectivity index (χ1v) is 11.8. The Hall–Kier alpha value is -3.31. The Morgan fingerprint density at radius 3 is 1.74 bits per heavy atom. The molecule has 2 aromatic carbocycles. The normalized spacial score (nSPS) is 12.2. The molecule has 0 bridgehead atoms. The molecule has 0 unspecified atom stereocenters. The highest BCUT2D eigenvalue weighted by atomic mass is 19.4. The number of alkyl halides is 7. The third-order valence-electron chi connectivity index (χ3n) is 5.36. The maximum atomic E-state index is 13.3. The molecule has 12 heteroatoms. The maximum Gasteiger partial charge on any atom is 0.460 e. The molecule has 0 aliphatic heterocycles. The van der Waals surface area contributed by atoms with Gasteiger partial charge in [0.15, 0.2) is 6.61 Å². The minimum Gasteiger partial charge on any atom is -0.494 e. The number of halogens is 7. The Labute approximate surface area is 214 Å². The Morgan fingerprint density at radius 1 is 0.684 bits per heavy atom. The van der Waals surface area contributed by atoms with E-state index in [1.807, 2.05) is 0 Å². The summed E-state index contributed by atoms with van der Waals surface area (Å²) in [5, 5.41) is 0. The zero-order valence-corrected chi connectivity index (χ0v) is 20.5. The highest BCUT2D eigenvalue weighted by Gasteiger charge is 2.73. The second kappa shape index (κ2) is 13.5. The lowest BCUT2D eigenvalue weighted by molar-refractivity contribution is -0.359. The van der Waals surface area contributed by atoms with Crippen molar-refractivity contribution in [2.45, 2.75) is 63.5 Å². The van der Waals surface area contributed by atoms with Crippen LogP contribution in [0.25, 0.3) is 0 Å². The number of hydrogen-bond acceptors (Lipinski definition) is 5. The van der Waals surface area contributed by atoms with Gasteiger partial charge in [-0.3, -0.25) is 0 Å². The molecule has 210 valence electrons. The third kappa shape index (κ3) is 8.63. The fourth-order valence-electron chi connectivity index (χ4n) is 3.12. The quantitative estimate of drug-likeness (QED) is 0.104. The van der Waals surface area contributed by atoms with Gasteiger partial charge in [0.2, 0.25) is 0 Å². The van der Waals surface area contributed by atoms with Crippen LogP contribution < -0.4 is 9.47 Å². The van der Waals surface area contributed by atoms with Crippen molar-refractivity contribution >= 4 is 11.9 Å². The lowest BCUT2D eigenvalue weighted by Crippen LogP contribution is -2.54. The highest BCUT2D eigenvalue weighted by Crippen LogP contribution is 2.46. The van der Waals surface area contributed by atoms with Crippen LogP contribution in [0, 0.1) is 0 Å². The van der Waals surface area contributed by atoms with Crippen LogP contribution >= 0.6 is 0 Å². The van der Waals surface area contributed by atoms with E-state index in [-0.39, 0.29) is 11.3 Å². The first kappa shape index (κ1) is 30.9. The molecular formula is C26H27F7O5. The fraction of sp³-hybridized carbons (Fsp3) is 0.462. The minimum atomic E-state index is -6.53. The van der Waals surface area contributed by atoms with E-state index in [0.717, 1.165) is 43.5 Å². The average molecular weight is 552 g/mol. The van der Waals surface area contributed by atoms with Crippen molar-refractivity contribution in [3.63, 3.8) is 0 Å². The van der Waals surface area contributed by atoms with Crippen LogP contribution in [0.15, 0.2) is 48.5 Å². The molecule has 0 heterocycles. The number of carbonyl (C=O) groups excluding carboxylic acids is 2. The van der Waals surface area contributed by atoms with Crippen LogP contribution in [0.5, 0.6) is 11.5 Å². The van der Waals surface area contributed by atoms with Crippen LogP contribution in [0.2, 0.25) is 0 Å². The molecule has 5 nitrogen and oxygen atoms in total. The van der Waals surface area contributed by atoms with Crippen LogP contribution in [0.3, 0.4) is 0 Å². The van der Waals surface area contributed by atoms with Crippen molar-refractivity contribution in [2.75, 3.05) is 13.2 Å². The monoisotopic (exact) mass is 552 g/mol. The van der Waals surface area contributed by atoms with E-state index in [2.05, 4.69) is 11.7 Å². The van der Waals surface area contributed by atoms with Crippen LogP contribution in [0.4, 0.5) is 30.7 Å². The molecule has 0 aliphatic rings. The topological polar surface area (TPSA) is 61.8 Å². The smallest absolute Gasteiger partial charge is 0.460 e. The summed E-state index contributed by atoms with van der Waals surface area (Å²) in [5.74, 6) is -13.9. The van der Waals surface area contributed by atoms with Crippen molar-refractivity contribution in [3.8, 4) is 11.5 Å². The molecule has 38 heavy (non-hydrogen) atoms. The zero-order chi connectivity index (χ0) is 28.4. The number of rotatable bonds is 14. The van der Waals surface area contributed by atoms with E-state index in [4.69, 9.17) is 9.47 Å². The van der Waals surface area contributed by atoms with Gasteiger partial charge in [-0.15, -0.1) is 0 Å². The van der Waals surface area contributed by atoms with Crippen molar-refractivity contribution in [1.82, 2.24) is 0 Å². The number of hydrogen-bond donors (Lipinski definition) is 0. The van der Waals surface area contributed by atoms with Crippen LogP contribution in [-0.4, -0.2) is 43.2 Å². The molecule has 2 rings (SSSR count). The molecule has 0 aromatic heterocycles. The summed E-state index contributed by atoms with van der Waals surface area (Å²) in [7, 11) is 0. The lowest BCUT2D eigenvalue weighted by atomic mass is 10.1. The van der Waals surface area contributed by atoms with E-state index in [1.165, 1.54) is 31.4 Å². The second-order valence-corrected chi connectivity index (χ2v) is 8.41. The summed E-state index contributed by atoms with van der Waals surface area (Å²) in [6.07, 6.45) is 0.204. The Balaban J connectivity index is 1.84. The average Bonchev–Trinajstić information content (AvgIpc) is 2.86. The van der Waals surface area contributed by atoms with Gasteiger partial charge >= 0.3 is 30.0 Å². The Kier molecular flexibility index (Phi) is 11.0. The summed E-state index contributed by atoms with van der Waals surface area (Å²) >= 11 is 0. The first-order valence-electron chi connectivity index (χ1n) is 11.8. The van der Waals surface area contributed by atoms with Gasteiger partial charge < -0.3 is 14.2 Å². The number of benzene rings is 2. The lowest BCUT2D eigenvalue weighted by Gasteiger charge is -2.27. The van der Waals surface area contributed by atoms with Gasteiger partial charge in [0.1, 0.15) is 11.5 Å². The fourth-order valence-corrected chi connectivity index (χ4v) is 3.12. The summed E-state index contributed by atoms with van der Waals surface area (Å²) in [5.41, 5.74) is -0.254. The van der Waals surface area contributed by atoms with Crippen molar-refractivity contribution < 1.29 is 54.5 Å². The van der Waals surface area contributed by atoms with Crippen LogP contribution in [-0.2, 0) is 4.74 Å². The maximum absolute atomic E-state index is 13.3. The Bertz CT molecular complexity index is 1040. The predicted molar refractivity (Wildman–Crippen MR) is 123 cm³/mol. The van der Waals surface area contributed by atoms with E-state index in [0.29, 0.717) is 12.4 Å². The van der Waals surface area contributed by atoms with E-state index in [9.17, 15) is 40.3 Å². The molecule has 0 N–H and O–H groups in total. The summed E-state index contributed by atoms with van der Waals surface area (Å²) in [4.78, 5) is 24.1. The number of carbonyl (C=O) groups is 2. The summed E-state index contributed by atoms with van der Waals surface area (Å²) in [6.45, 7) is 0.206. The number of ether oxygens (including phenoxy) is 3. The number of esters is 2. The molecular weight excluding hydrogens is 525 g/mol. The van der Waals surface area contributed by atoms with Gasteiger partial charge in [-0.25, -0.2) is 9.59 Å². The van der Waals surface area contributed by atoms with Gasteiger partial charge in [0.05, 0.1) is 17.7 Å². The first-order chi connectivity index (χ1) is 17.8. The molecule has 0 spiro atoms. The van der Waals surface area contributed by atoms with E-state index < -0.39 is 42.1 Å². The third-order valence-corrected chi connectivity index (χ3v) is 5.36. The molecule has 0 saturated carbocycles. The molecule has 0 radical (unpaired) electrons. The minimum absolute atomic E-state index is 0.0520. The van der Waals surface area contributed by atoms with Gasteiger partial charge in [0.25, 0.3) is 0 Å². The van der Waals surface area contributed by atoms with E-state index >= 15 is 0 Å². The Morgan fingerprint density at radius 2 is 1.18 bits per heavy atom. The highest BCUT2D eigenvalue weighted by molar-refractivity contribution is 5.92. The van der Waals surface area contributed by atoms with E-state index in [1.54, 1.807) is 12.1 Å². The molecule has 0 saturated heterocycles. The van der Waals surface area contributed by atoms with Gasteiger partial charge in [-0.1, -0.05) is 39.0 Å². The standard InChI is InChI=1S/C26H27F7O5/c1-2-3-4-5-6-7-16-36-20-12-8-19(9-13-20)23(35)38-21-14-10-18(11-15-21)22(34)37-17-24(27,28)25(29,30)26(31,32)33/h8-15H,2-7,16-17H2,1H3. The van der Waals surface area contributed by atoms with Gasteiger partial charge in [0, 0.05) is 0 Å². The van der Waals surface area contributed by atoms with Crippen LogP contribution in [0.1, 0.15) is 66.2 Å². The van der Waals surface area contributed by atoms with Gasteiger partial charge in [-0.05, 0) is 55.0 Å². The molecule has 0 aliphatic carbocycles. The van der Waals surface area contributed by atoms with Crippen molar-refractivity contribution in [1.29, 1.82) is 0 Å². The number of unbranched alkanes of at least 4 members (excludes halogenated alkanes) is 5. The van der Waals surface area contributed by atoms with Crippen molar-refractivity contribution in [3.05, 3.63) is 59.7 Å². The second-order valence-electron chi connectivity index (χ2n) is 8.41. The molecule has 0 atom stereocenters. The molecule has 0 amide bonds. The SMILES string of the molecule is CCCCCCCCOc1ccc(C(=O)Oc2ccc(C(=O)OCC(F)(F)C(F)(F)C(F)(F)F)cc2)cc1. The molecule has 2 aromatic rings.